The van der Waals surface area contributed by atoms with Gasteiger partial charge < -0.3 is 15.3 Å². The van der Waals surface area contributed by atoms with Gasteiger partial charge >= 0.3 is 12.0 Å². The second-order valence-corrected chi connectivity index (χ2v) is 7.00. The molecule has 1 heterocycles. The zero-order valence-corrected chi connectivity index (χ0v) is 13.2. The van der Waals surface area contributed by atoms with Gasteiger partial charge in [-0.3, -0.25) is 9.00 Å². The van der Waals surface area contributed by atoms with Gasteiger partial charge in [0.25, 0.3) is 0 Å². The average Bonchev–Trinajstić information content (AvgIpc) is 2.37. The minimum absolute atomic E-state index is 0.148. The van der Waals surface area contributed by atoms with Crippen LogP contribution in [0.5, 0.6) is 0 Å². The number of hydrogen-bond acceptors (Lipinski definition) is 3. The Kier molecular flexibility index (Phi) is 5.98. The molecule has 0 aliphatic carbocycles. The normalized spacial score (nSPS) is 21.1. The molecule has 0 aromatic carbocycles. The molecule has 0 aromatic rings. The first kappa shape index (κ1) is 16.9. The number of carboxylic acid groups (broad SMARTS) is 1. The van der Waals surface area contributed by atoms with Crippen molar-refractivity contribution in [2.24, 2.45) is 5.41 Å². The van der Waals surface area contributed by atoms with Crippen molar-refractivity contribution in [2.45, 2.75) is 39.2 Å². The lowest BCUT2D eigenvalue weighted by molar-refractivity contribution is -0.151. The number of amides is 2. The lowest BCUT2D eigenvalue weighted by Crippen LogP contribution is -2.51. The molecular formula is C13H24N2O4S. The molecule has 20 heavy (non-hydrogen) atoms. The number of piperidine rings is 1. The smallest absolute Gasteiger partial charge is 0.317 e. The van der Waals surface area contributed by atoms with Crippen molar-refractivity contribution in [3.63, 3.8) is 0 Å². The fourth-order valence-corrected chi connectivity index (χ4v) is 3.34. The predicted molar refractivity (Wildman–Crippen MR) is 78.1 cm³/mol. The highest BCUT2D eigenvalue weighted by atomic mass is 32.2. The van der Waals surface area contributed by atoms with Crippen LogP contribution < -0.4 is 5.32 Å². The van der Waals surface area contributed by atoms with Crippen LogP contribution in [0.15, 0.2) is 0 Å². The van der Waals surface area contributed by atoms with Crippen LogP contribution in [-0.4, -0.2) is 57.4 Å². The Bertz CT molecular complexity index is 392. The van der Waals surface area contributed by atoms with Crippen molar-refractivity contribution in [1.82, 2.24) is 10.2 Å². The van der Waals surface area contributed by atoms with Crippen LogP contribution in [-0.2, 0) is 15.6 Å². The van der Waals surface area contributed by atoms with Crippen molar-refractivity contribution < 1.29 is 18.9 Å². The molecule has 0 aromatic heterocycles. The van der Waals surface area contributed by atoms with E-state index >= 15 is 0 Å². The van der Waals surface area contributed by atoms with E-state index in [4.69, 9.17) is 0 Å². The number of carbonyl (C=O) groups excluding carboxylic acids is 1. The molecule has 0 radical (unpaired) electrons. The third-order valence-corrected chi connectivity index (χ3v) is 4.96. The first-order valence-electron chi connectivity index (χ1n) is 6.89. The first-order chi connectivity index (χ1) is 9.30. The average molecular weight is 304 g/mol. The van der Waals surface area contributed by atoms with E-state index in [-0.39, 0.29) is 12.1 Å². The molecule has 0 spiro atoms. The van der Waals surface area contributed by atoms with Crippen LogP contribution in [0.2, 0.25) is 0 Å². The molecule has 1 saturated heterocycles. The number of carboxylic acids is 1. The lowest BCUT2D eigenvalue weighted by Gasteiger charge is -2.38. The topological polar surface area (TPSA) is 86.7 Å². The first-order valence-corrected chi connectivity index (χ1v) is 8.62. The van der Waals surface area contributed by atoms with Crippen LogP contribution in [0, 0.1) is 5.41 Å². The maximum absolute atomic E-state index is 12.0. The lowest BCUT2D eigenvalue weighted by atomic mass is 9.76. The molecule has 0 saturated carbocycles. The third kappa shape index (κ3) is 4.19. The monoisotopic (exact) mass is 304 g/mol. The summed E-state index contributed by atoms with van der Waals surface area (Å²) >= 11 is 0. The molecule has 7 heteroatoms. The van der Waals surface area contributed by atoms with E-state index in [2.05, 4.69) is 5.32 Å². The van der Waals surface area contributed by atoms with E-state index in [0.717, 1.165) is 0 Å². The number of carbonyl (C=O) groups is 2. The van der Waals surface area contributed by atoms with Gasteiger partial charge in [-0.1, -0.05) is 6.92 Å². The summed E-state index contributed by atoms with van der Waals surface area (Å²) in [6.45, 7) is 4.60. The van der Waals surface area contributed by atoms with Crippen LogP contribution in [0.4, 0.5) is 4.79 Å². The molecule has 6 nitrogen and oxygen atoms in total. The second-order valence-electron chi connectivity index (χ2n) is 5.52. The molecular weight excluding hydrogens is 280 g/mol. The van der Waals surface area contributed by atoms with Gasteiger partial charge in [0.15, 0.2) is 0 Å². The van der Waals surface area contributed by atoms with Gasteiger partial charge in [-0.05, 0) is 26.2 Å². The van der Waals surface area contributed by atoms with Crippen molar-refractivity contribution in [3.05, 3.63) is 0 Å². The summed E-state index contributed by atoms with van der Waals surface area (Å²) in [5, 5.41) is 12.1. The van der Waals surface area contributed by atoms with E-state index in [1.807, 2.05) is 13.8 Å². The number of rotatable bonds is 5. The SMILES string of the molecule is CCC1(C(=O)O)CCN(C(=O)NC(C)CS(C)=O)CC1. The Morgan fingerprint density at radius 1 is 1.40 bits per heavy atom. The summed E-state index contributed by atoms with van der Waals surface area (Å²) in [4.78, 5) is 25.0. The summed E-state index contributed by atoms with van der Waals surface area (Å²) in [5.41, 5.74) is -0.687. The molecule has 2 amide bonds. The second kappa shape index (κ2) is 7.06. The molecule has 116 valence electrons. The van der Waals surface area contributed by atoms with E-state index in [9.17, 15) is 18.9 Å². The summed E-state index contributed by atoms with van der Waals surface area (Å²) in [7, 11) is -0.948. The highest BCUT2D eigenvalue weighted by molar-refractivity contribution is 7.84. The fourth-order valence-electron chi connectivity index (χ4n) is 2.55. The van der Waals surface area contributed by atoms with E-state index in [1.165, 1.54) is 0 Å². The minimum atomic E-state index is -0.948. The summed E-state index contributed by atoms with van der Waals surface area (Å²) in [5.74, 6) is -0.344. The Balaban J connectivity index is 2.50. The zero-order chi connectivity index (χ0) is 15.3. The molecule has 2 N–H and O–H groups in total. The van der Waals surface area contributed by atoms with Crippen LogP contribution in [0.25, 0.3) is 0 Å². The molecule has 1 rings (SSSR count). The van der Waals surface area contributed by atoms with Crippen molar-refractivity contribution in [2.75, 3.05) is 25.1 Å². The number of urea groups is 1. The maximum atomic E-state index is 12.0. The molecule has 1 fully saturated rings. The highest BCUT2D eigenvalue weighted by Crippen LogP contribution is 2.35. The number of nitrogens with zero attached hydrogens (tertiary/aromatic N) is 1. The fraction of sp³-hybridized carbons (Fsp3) is 0.846. The van der Waals surface area contributed by atoms with Gasteiger partial charge in [-0.15, -0.1) is 0 Å². The van der Waals surface area contributed by atoms with Crippen LogP contribution in [0.3, 0.4) is 0 Å². The van der Waals surface area contributed by atoms with Gasteiger partial charge in [0.1, 0.15) is 0 Å². The number of nitrogens with one attached hydrogen (secondary N) is 1. The number of aliphatic carboxylic acids is 1. The van der Waals surface area contributed by atoms with Gasteiger partial charge in [0, 0.05) is 41.9 Å². The molecule has 2 atom stereocenters. The summed E-state index contributed by atoms with van der Waals surface area (Å²) in [6, 6.07) is -0.344. The standard InChI is InChI=1S/C13H24N2O4S/c1-4-13(11(16)17)5-7-15(8-6-13)12(18)14-10(2)9-20(3)19/h10H,4-9H2,1-3H3,(H,14,18)(H,16,17). The summed E-state index contributed by atoms with van der Waals surface area (Å²) < 4.78 is 11.1. The minimum Gasteiger partial charge on any atom is -0.481 e. The largest absolute Gasteiger partial charge is 0.481 e. The van der Waals surface area contributed by atoms with Crippen LogP contribution in [0.1, 0.15) is 33.1 Å². The predicted octanol–water partition coefficient (Wildman–Crippen LogP) is 1.04. The molecule has 1 aliphatic rings. The van der Waals surface area contributed by atoms with Gasteiger partial charge in [0.05, 0.1) is 5.41 Å². The Hall–Kier alpha value is -1.11. The third-order valence-electron chi connectivity index (χ3n) is 3.99. The van der Waals surface area contributed by atoms with Gasteiger partial charge in [-0.2, -0.15) is 0 Å². The van der Waals surface area contributed by atoms with Crippen molar-refractivity contribution in [1.29, 1.82) is 0 Å². The molecule has 0 bridgehead atoms. The number of hydrogen-bond donors (Lipinski definition) is 2. The van der Waals surface area contributed by atoms with Crippen molar-refractivity contribution in [3.8, 4) is 0 Å². The highest BCUT2D eigenvalue weighted by Gasteiger charge is 2.40. The molecule has 1 aliphatic heterocycles. The van der Waals surface area contributed by atoms with Gasteiger partial charge in [0.2, 0.25) is 0 Å². The summed E-state index contributed by atoms with van der Waals surface area (Å²) in [6.07, 6.45) is 3.16. The quantitative estimate of drug-likeness (QED) is 0.794. The Labute approximate surface area is 122 Å². The Morgan fingerprint density at radius 3 is 2.35 bits per heavy atom. The molecule has 2 unspecified atom stereocenters. The zero-order valence-electron chi connectivity index (χ0n) is 12.3. The van der Waals surface area contributed by atoms with Crippen LogP contribution >= 0.6 is 0 Å². The Morgan fingerprint density at radius 2 is 1.95 bits per heavy atom. The van der Waals surface area contributed by atoms with E-state index in [0.29, 0.717) is 38.1 Å². The van der Waals surface area contributed by atoms with Gasteiger partial charge in [-0.25, -0.2) is 4.79 Å². The number of likely N-dealkylation sites (tertiary alicyclic amines) is 1. The van der Waals surface area contributed by atoms with E-state index < -0.39 is 22.2 Å². The van der Waals surface area contributed by atoms with E-state index in [1.54, 1.807) is 11.2 Å². The van der Waals surface area contributed by atoms with Crippen molar-refractivity contribution >= 4 is 22.8 Å². The maximum Gasteiger partial charge on any atom is 0.317 e.